The number of anilines is 2. The monoisotopic (exact) mass is 458 g/mol. The molecule has 0 unspecified atom stereocenters. The van der Waals surface area contributed by atoms with Crippen LogP contribution in [0.3, 0.4) is 0 Å². The molecular formula is C28H30N2O2S. The van der Waals surface area contributed by atoms with E-state index in [-0.39, 0.29) is 23.1 Å². The molecule has 0 aromatic heterocycles. The lowest BCUT2D eigenvalue weighted by Gasteiger charge is -2.25. The average molecular weight is 459 g/mol. The van der Waals surface area contributed by atoms with E-state index in [1.54, 1.807) is 11.8 Å². The molecule has 0 radical (unpaired) electrons. The summed E-state index contributed by atoms with van der Waals surface area (Å²) in [6, 6.07) is 26.0. The molecule has 0 saturated carbocycles. The molecule has 1 N–H and O–H groups in total. The molecule has 5 heteroatoms. The highest BCUT2D eigenvalue weighted by molar-refractivity contribution is 8.00. The van der Waals surface area contributed by atoms with Crippen molar-refractivity contribution < 1.29 is 9.59 Å². The number of nitrogens with one attached hydrogen (secondary N) is 1. The first-order chi connectivity index (χ1) is 16.0. The van der Waals surface area contributed by atoms with E-state index < -0.39 is 0 Å². The third-order valence-electron chi connectivity index (χ3n) is 6.10. The number of hydrogen-bond donors (Lipinski definition) is 1. The second-order valence-electron chi connectivity index (χ2n) is 8.66. The Morgan fingerprint density at radius 3 is 2.24 bits per heavy atom. The van der Waals surface area contributed by atoms with Crippen LogP contribution in [0.4, 0.5) is 11.4 Å². The van der Waals surface area contributed by atoms with Crippen molar-refractivity contribution in [2.75, 3.05) is 16.0 Å². The summed E-state index contributed by atoms with van der Waals surface area (Å²) < 4.78 is 0. The van der Waals surface area contributed by atoms with Crippen molar-refractivity contribution in [3.05, 3.63) is 95.6 Å². The largest absolute Gasteiger partial charge is 0.326 e. The number of rotatable bonds is 7. The van der Waals surface area contributed by atoms with Crippen LogP contribution >= 0.6 is 11.8 Å². The fraction of sp³-hybridized carbons (Fsp3) is 0.286. The number of hydrogen-bond acceptors (Lipinski definition) is 3. The van der Waals surface area contributed by atoms with Gasteiger partial charge in [0.1, 0.15) is 5.37 Å². The Hall–Kier alpha value is -3.05. The molecule has 1 fully saturated rings. The maximum Gasteiger partial charge on any atom is 0.238 e. The summed E-state index contributed by atoms with van der Waals surface area (Å²) >= 11 is 1.63. The third kappa shape index (κ3) is 5.14. The smallest absolute Gasteiger partial charge is 0.238 e. The third-order valence-corrected chi connectivity index (χ3v) is 7.31. The maximum absolute atomic E-state index is 12.9. The van der Waals surface area contributed by atoms with E-state index in [0.29, 0.717) is 11.7 Å². The molecule has 0 bridgehead atoms. The fourth-order valence-electron chi connectivity index (χ4n) is 4.19. The molecular weight excluding hydrogens is 428 g/mol. The Balaban J connectivity index is 1.49. The standard InChI is InChI=1S/C28H30N2O2S/c1-4-25(21-8-6-5-7-9-21)27(32)29-23-14-10-22(11-15-23)28-30(26(31)18-33-28)24-16-12-20(13-17-24)19(2)3/h5-17,19,25,28H,4,18H2,1-3H3,(H,29,32)/t25-,28-/m0/s1. The SMILES string of the molecule is CC[C@H](C(=O)Nc1ccc([C@@H]2SCC(=O)N2c2ccc(C(C)C)cc2)cc1)c1ccccc1. The predicted octanol–water partition coefficient (Wildman–Crippen LogP) is 6.72. The van der Waals surface area contributed by atoms with Gasteiger partial charge in [0.25, 0.3) is 0 Å². The van der Waals surface area contributed by atoms with Crippen molar-refractivity contribution in [2.45, 2.75) is 44.4 Å². The predicted molar refractivity (Wildman–Crippen MR) is 138 cm³/mol. The number of amides is 2. The number of carbonyl (C=O) groups excluding carboxylic acids is 2. The summed E-state index contributed by atoms with van der Waals surface area (Å²) in [5, 5.41) is 2.98. The van der Waals surface area contributed by atoms with Crippen molar-refractivity contribution in [3.63, 3.8) is 0 Å². The highest BCUT2D eigenvalue weighted by Crippen LogP contribution is 2.42. The number of thioether (sulfide) groups is 1. The minimum absolute atomic E-state index is 0.00580. The van der Waals surface area contributed by atoms with Gasteiger partial charge in [-0.2, -0.15) is 0 Å². The van der Waals surface area contributed by atoms with Crippen LogP contribution in [0.2, 0.25) is 0 Å². The fourth-order valence-corrected chi connectivity index (χ4v) is 5.37. The summed E-state index contributed by atoms with van der Waals surface area (Å²) in [5.41, 5.74) is 5.02. The van der Waals surface area contributed by atoms with Crippen LogP contribution in [0.1, 0.15) is 61.1 Å². The molecule has 2 atom stereocenters. The van der Waals surface area contributed by atoms with Gasteiger partial charge in [0, 0.05) is 11.4 Å². The highest BCUT2D eigenvalue weighted by atomic mass is 32.2. The Bertz CT molecular complexity index is 1100. The van der Waals surface area contributed by atoms with E-state index in [4.69, 9.17) is 0 Å². The maximum atomic E-state index is 12.9. The van der Waals surface area contributed by atoms with Crippen LogP contribution < -0.4 is 10.2 Å². The Morgan fingerprint density at radius 2 is 1.64 bits per heavy atom. The van der Waals surface area contributed by atoms with Crippen LogP contribution in [0.15, 0.2) is 78.9 Å². The Kier molecular flexibility index (Phi) is 7.19. The van der Waals surface area contributed by atoms with Gasteiger partial charge in [-0.05, 0) is 53.3 Å². The first-order valence-electron chi connectivity index (χ1n) is 11.5. The molecule has 4 nitrogen and oxygen atoms in total. The van der Waals surface area contributed by atoms with Gasteiger partial charge in [-0.3, -0.25) is 14.5 Å². The van der Waals surface area contributed by atoms with Crippen molar-refractivity contribution >= 4 is 35.0 Å². The molecule has 1 heterocycles. The second kappa shape index (κ2) is 10.3. The lowest BCUT2D eigenvalue weighted by atomic mass is 9.95. The van der Waals surface area contributed by atoms with E-state index in [0.717, 1.165) is 28.9 Å². The molecule has 0 spiro atoms. The van der Waals surface area contributed by atoms with Crippen molar-refractivity contribution in [1.29, 1.82) is 0 Å². The van der Waals surface area contributed by atoms with E-state index in [2.05, 4.69) is 31.3 Å². The minimum Gasteiger partial charge on any atom is -0.326 e. The van der Waals surface area contributed by atoms with Gasteiger partial charge in [-0.1, -0.05) is 75.4 Å². The lowest BCUT2D eigenvalue weighted by molar-refractivity contribution is -0.118. The number of carbonyl (C=O) groups is 2. The zero-order valence-corrected chi connectivity index (χ0v) is 20.1. The van der Waals surface area contributed by atoms with Crippen LogP contribution in [-0.4, -0.2) is 17.6 Å². The zero-order valence-electron chi connectivity index (χ0n) is 19.3. The average Bonchev–Trinajstić information content (AvgIpc) is 3.22. The van der Waals surface area contributed by atoms with Crippen LogP contribution in [-0.2, 0) is 9.59 Å². The number of benzene rings is 3. The molecule has 3 aromatic rings. The summed E-state index contributed by atoms with van der Waals surface area (Å²) in [7, 11) is 0. The summed E-state index contributed by atoms with van der Waals surface area (Å²) in [5.74, 6) is 0.848. The van der Waals surface area contributed by atoms with Gasteiger partial charge in [0.2, 0.25) is 11.8 Å². The molecule has 1 aliphatic heterocycles. The van der Waals surface area contributed by atoms with E-state index in [1.165, 1.54) is 5.56 Å². The minimum atomic E-state index is -0.182. The summed E-state index contributed by atoms with van der Waals surface area (Å²) in [6.45, 7) is 6.35. The highest BCUT2D eigenvalue weighted by Gasteiger charge is 2.34. The number of nitrogens with zero attached hydrogens (tertiary/aromatic N) is 1. The summed E-state index contributed by atoms with van der Waals surface area (Å²) in [6.07, 6.45) is 0.735. The van der Waals surface area contributed by atoms with Gasteiger partial charge in [0.15, 0.2) is 0 Å². The van der Waals surface area contributed by atoms with Gasteiger partial charge in [-0.15, -0.1) is 11.8 Å². The lowest BCUT2D eigenvalue weighted by Crippen LogP contribution is -2.27. The quantitative estimate of drug-likeness (QED) is 0.427. The first kappa shape index (κ1) is 23.1. The second-order valence-corrected chi connectivity index (χ2v) is 9.72. The zero-order chi connectivity index (χ0) is 23.4. The van der Waals surface area contributed by atoms with E-state index in [1.807, 2.05) is 78.6 Å². The summed E-state index contributed by atoms with van der Waals surface area (Å²) in [4.78, 5) is 27.4. The first-order valence-corrected chi connectivity index (χ1v) is 12.5. The van der Waals surface area contributed by atoms with Crippen molar-refractivity contribution in [1.82, 2.24) is 0 Å². The van der Waals surface area contributed by atoms with E-state index in [9.17, 15) is 9.59 Å². The van der Waals surface area contributed by atoms with Crippen LogP contribution in [0, 0.1) is 0 Å². The van der Waals surface area contributed by atoms with Gasteiger partial charge in [0.05, 0.1) is 11.7 Å². The Morgan fingerprint density at radius 1 is 0.970 bits per heavy atom. The molecule has 170 valence electrons. The molecule has 3 aromatic carbocycles. The molecule has 0 aliphatic carbocycles. The van der Waals surface area contributed by atoms with Crippen molar-refractivity contribution in [2.24, 2.45) is 0 Å². The topological polar surface area (TPSA) is 49.4 Å². The molecule has 2 amide bonds. The molecule has 4 rings (SSSR count). The normalized spacial score (nSPS) is 16.8. The Labute approximate surface area is 200 Å². The van der Waals surface area contributed by atoms with Gasteiger partial charge >= 0.3 is 0 Å². The van der Waals surface area contributed by atoms with E-state index >= 15 is 0 Å². The van der Waals surface area contributed by atoms with Gasteiger partial charge < -0.3 is 5.32 Å². The van der Waals surface area contributed by atoms with Crippen LogP contribution in [0.25, 0.3) is 0 Å². The molecule has 1 saturated heterocycles. The van der Waals surface area contributed by atoms with Gasteiger partial charge in [-0.25, -0.2) is 0 Å². The van der Waals surface area contributed by atoms with Crippen LogP contribution in [0.5, 0.6) is 0 Å². The van der Waals surface area contributed by atoms with Crippen molar-refractivity contribution in [3.8, 4) is 0 Å². The molecule has 33 heavy (non-hydrogen) atoms. The molecule has 1 aliphatic rings.